The molecule has 6 aromatic carbocycles. The molecule has 0 unspecified atom stereocenters. The monoisotopic (exact) mass is 585 g/mol. The average molecular weight is 586 g/mol. The molecule has 0 amide bonds. The van der Waals surface area contributed by atoms with Gasteiger partial charge in [-0.1, -0.05) is 115 Å². The first-order chi connectivity index (χ1) is 22.8. The van der Waals surface area contributed by atoms with Crippen molar-refractivity contribution in [1.82, 2.24) is 15.0 Å². The lowest BCUT2D eigenvalue weighted by atomic mass is 9.89. The van der Waals surface area contributed by atoms with E-state index in [2.05, 4.69) is 125 Å². The third-order valence-corrected chi connectivity index (χ3v) is 8.96. The smallest absolute Gasteiger partial charge is 0.0900 e. The zero-order valence-electron chi connectivity index (χ0n) is 24.9. The Bertz CT molecular complexity index is 2410. The second-order valence-electron chi connectivity index (χ2n) is 11.7. The van der Waals surface area contributed by atoms with Gasteiger partial charge in [-0.15, -0.1) is 0 Å². The van der Waals surface area contributed by atoms with E-state index in [4.69, 9.17) is 4.98 Å². The first-order valence-corrected chi connectivity index (χ1v) is 15.5. The second-order valence-corrected chi connectivity index (χ2v) is 11.7. The van der Waals surface area contributed by atoms with Gasteiger partial charge in [-0.3, -0.25) is 9.97 Å². The number of hydrogen-bond donors (Lipinski definition) is 0. The molecule has 9 rings (SSSR count). The molecule has 0 spiro atoms. The van der Waals surface area contributed by atoms with Gasteiger partial charge in [-0.05, 0) is 102 Å². The molecule has 0 aliphatic carbocycles. The molecule has 0 saturated carbocycles. The topological polar surface area (TPSA) is 38.7 Å². The fourth-order valence-electron chi connectivity index (χ4n) is 6.67. The fraction of sp³-hybridized carbons (Fsp3) is 0. The highest BCUT2D eigenvalue weighted by atomic mass is 14.8. The lowest BCUT2D eigenvalue weighted by Gasteiger charge is -2.14. The van der Waals surface area contributed by atoms with Gasteiger partial charge in [0.15, 0.2) is 0 Å². The van der Waals surface area contributed by atoms with Gasteiger partial charge in [0.2, 0.25) is 0 Å². The van der Waals surface area contributed by atoms with E-state index in [0.29, 0.717) is 0 Å². The highest BCUT2D eigenvalue weighted by Crippen LogP contribution is 2.39. The molecule has 3 aromatic heterocycles. The molecule has 0 bridgehead atoms. The summed E-state index contributed by atoms with van der Waals surface area (Å²) in [6.45, 7) is 0. The summed E-state index contributed by atoms with van der Waals surface area (Å²) in [7, 11) is 0. The lowest BCUT2D eigenvalue weighted by Crippen LogP contribution is -1.93. The Kier molecular flexibility index (Phi) is 6.14. The van der Waals surface area contributed by atoms with Crippen LogP contribution in [-0.2, 0) is 0 Å². The minimum absolute atomic E-state index is 0.824. The van der Waals surface area contributed by atoms with E-state index in [1.54, 1.807) is 12.4 Å². The summed E-state index contributed by atoms with van der Waals surface area (Å²) in [5, 5.41) is 7.86. The first kappa shape index (κ1) is 26.2. The number of rotatable bonds is 5. The Morgan fingerprint density at radius 2 is 0.826 bits per heavy atom. The van der Waals surface area contributed by atoms with Gasteiger partial charge in [0.05, 0.1) is 22.8 Å². The summed E-state index contributed by atoms with van der Waals surface area (Å²) in [5.74, 6) is 0. The Balaban J connectivity index is 1.06. The van der Waals surface area contributed by atoms with E-state index >= 15 is 0 Å². The van der Waals surface area contributed by atoms with E-state index in [9.17, 15) is 0 Å². The molecule has 0 radical (unpaired) electrons. The molecule has 9 aromatic rings. The highest BCUT2D eigenvalue weighted by Gasteiger charge is 2.13. The van der Waals surface area contributed by atoms with Gasteiger partial charge in [0.1, 0.15) is 0 Å². The SMILES string of the molecule is c1ccc(-c2cc(-c3ccc(-c4ccc(-c5ccc6ccc7cccc8ccc5c6c78)cc4)cc3)cc(-c3ccccn3)n2)nc1. The van der Waals surface area contributed by atoms with Gasteiger partial charge in [-0.2, -0.15) is 0 Å². The number of nitrogens with zero attached hydrogens (tertiary/aromatic N) is 3. The minimum Gasteiger partial charge on any atom is -0.255 e. The maximum absolute atomic E-state index is 4.92. The molecule has 3 heteroatoms. The summed E-state index contributed by atoms with van der Waals surface area (Å²) in [5.41, 5.74) is 10.4. The second kappa shape index (κ2) is 10.8. The van der Waals surface area contributed by atoms with Gasteiger partial charge in [0.25, 0.3) is 0 Å². The normalized spacial score (nSPS) is 11.5. The zero-order valence-corrected chi connectivity index (χ0v) is 24.9. The van der Waals surface area contributed by atoms with E-state index < -0.39 is 0 Å². The Hall–Kier alpha value is -6.19. The molecule has 0 fully saturated rings. The van der Waals surface area contributed by atoms with Crippen LogP contribution in [0.4, 0.5) is 0 Å². The lowest BCUT2D eigenvalue weighted by molar-refractivity contribution is 1.22. The molecule has 214 valence electrons. The van der Waals surface area contributed by atoms with Crippen LogP contribution >= 0.6 is 0 Å². The van der Waals surface area contributed by atoms with Crippen LogP contribution in [0.3, 0.4) is 0 Å². The maximum Gasteiger partial charge on any atom is 0.0900 e. The van der Waals surface area contributed by atoms with Crippen molar-refractivity contribution in [2.75, 3.05) is 0 Å². The Morgan fingerprint density at radius 3 is 1.39 bits per heavy atom. The van der Waals surface area contributed by atoms with Crippen LogP contribution in [0.5, 0.6) is 0 Å². The van der Waals surface area contributed by atoms with Crippen molar-refractivity contribution in [2.45, 2.75) is 0 Å². The van der Waals surface area contributed by atoms with E-state index in [-0.39, 0.29) is 0 Å². The van der Waals surface area contributed by atoms with Crippen molar-refractivity contribution in [3.05, 3.63) is 164 Å². The van der Waals surface area contributed by atoms with E-state index in [1.807, 2.05) is 36.4 Å². The molecule has 0 aliphatic rings. The zero-order chi connectivity index (χ0) is 30.5. The van der Waals surface area contributed by atoms with E-state index in [0.717, 1.165) is 33.9 Å². The summed E-state index contributed by atoms with van der Waals surface area (Å²) in [4.78, 5) is 14.0. The fourth-order valence-corrected chi connectivity index (χ4v) is 6.67. The first-order valence-electron chi connectivity index (χ1n) is 15.5. The molecular formula is C43H27N3. The van der Waals surface area contributed by atoms with Crippen molar-refractivity contribution in [1.29, 1.82) is 0 Å². The largest absolute Gasteiger partial charge is 0.255 e. The maximum atomic E-state index is 4.92. The molecular weight excluding hydrogens is 558 g/mol. The summed E-state index contributed by atoms with van der Waals surface area (Å²) in [6.07, 6.45) is 3.60. The molecule has 0 aliphatic heterocycles. The molecule has 0 N–H and O–H groups in total. The third-order valence-electron chi connectivity index (χ3n) is 8.96. The van der Waals surface area contributed by atoms with Crippen molar-refractivity contribution in [3.8, 4) is 56.2 Å². The van der Waals surface area contributed by atoms with Crippen molar-refractivity contribution < 1.29 is 0 Å². The number of aromatic nitrogens is 3. The molecule has 3 nitrogen and oxygen atoms in total. The summed E-state index contributed by atoms with van der Waals surface area (Å²) < 4.78 is 0. The predicted molar refractivity (Wildman–Crippen MR) is 191 cm³/mol. The van der Waals surface area contributed by atoms with E-state index in [1.165, 1.54) is 54.6 Å². The average Bonchev–Trinajstić information content (AvgIpc) is 3.14. The van der Waals surface area contributed by atoms with Gasteiger partial charge >= 0.3 is 0 Å². The van der Waals surface area contributed by atoms with Crippen molar-refractivity contribution in [3.63, 3.8) is 0 Å². The molecule has 0 atom stereocenters. The van der Waals surface area contributed by atoms with Gasteiger partial charge in [0, 0.05) is 12.4 Å². The number of pyridine rings is 3. The molecule has 0 saturated heterocycles. The predicted octanol–water partition coefficient (Wildman–Crippen LogP) is 11.1. The van der Waals surface area contributed by atoms with Crippen LogP contribution in [0.1, 0.15) is 0 Å². The Labute approximate surface area is 266 Å². The van der Waals surface area contributed by atoms with Crippen LogP contribution in [-0.4, -0.2) is 15.0 Å². The van der Waals surface area contributed by atoms with Gasteiger partial charge < -0.3 is 0 Å². The van der Waals surface area contributed by atoms with Crippen LogP contribution < -0.4 is 0 Å². The number of benzene rings is 6. The molecule has 3 heterocycles. The summed E-state index contributed by atoms with van der Waals surface area (Å²) in [6, 6.07) is 53.8. The highest BCUT2D eigenvalue weighted by molar-refractivity contribution is 6.25. The van der Waals surface area contributed by atoms with Crippen molar-refractivity contribution >= 4 is 32.3 Å². The van der Waals surface area contributed by atoms with Crippen LogP contribution in [0.15, 0.2) is 164 Å². The third kappa shape index (κ3) is 4.49. The van der Waals surface area contributed by atoms with Crippen LogP contribution in [0, 0.1) is 0 Å². The van der Waals surface area contributed by atoms with Crippen LogP contribution in [0.2, 0.25) is 0 Å². The molecule has 46 heavy (non-hydrogen) atoms. The number of hydrogen-bond acceptors (Lipinski definition) is 3. The Morgan fingerprint density at radius 1 is 0.326 bits per heavy atom. The quantitative estimate of drug-likeness (QED) is 0.189. The van der Waals surface area contributed by atoms with Crippen LogP contribution in [0.25, 0.3) is 88.5 Å². The minimum atomic E-state index is 0.824. The standard InChI is InChI=1S/C43H27N3/c1-3-24-44-38(8-1)40-26-35(27-41(46-40)39-9-2-4-25-45-39)30-12-10-28(11-13-30)29-14-16-31(17-15-29)36-22-20-34-19-18-32-6-5-7-33-21-23-37(36)43(34)42(32)33/h1-27H. The summed E-state index contributed by atoms with van der Waals surface area (Å²) >= 11 is 0. The van der Waals surface area contributed by atoms with Crippen molar-refractivity contribution in [2.24, 2.45) is 0 Å². The van der Waals surface area contributed by atoms with Gasteiger partial charge in [-0.25, -0.2) is 4.98 Å².